The van der Waals surface area contributed by atoms with E-state index in [4.69, 9.17) is 10.5 Å². The van der Waals surface area contributed by atoms with Gasteiger partial charge in [0.2, 0.25) is 5.43 Å². The number of fused-ring (bicyclic) bond motifs is 1. The Morgan fingerprint density at radius 3 is 2.61 bits per heavy atom. The van der Waals surface area contributed by atoms with Crippen molar-refractivity contribution >= 4 is 22.6 Å². The molecule has 0 aliphatic heterocycles. The number of hydrogen-bond acceptors (Lipinski definition) is 4. The molecule has 1 fully saturated rings. The molecule has 1 aromatic heterocycles. The highest BCUT2D eigenvalue weighted by Gasteiger charge is 2.31. The summed E-state index contributed by atoms with van der Waals surface area (Å²) in [6.45, 7) is 3.02. The minimum absolute atomic E-state index is 0.0812. The number of aromatic nitrogens is 1. The molecule has 1 aliphatic carbocycles. The van der Waals surface area contributed by atoms with Crippen LogP contribution >= 0.6 is 0 Å². The zero-order valence-corrected chi connectivity index (χ0v) is 12.8. The van der Waals surface area contributed by atoms with Gasteiger partial charge in [0.1, 0.15) is 5.56 Å². The predicted molar refractivity (Wildman–Crippen MR) is 81.5 cm³/mol. The van der Waals surface area contributed by atoms with Gasteiger partial charge in [-0.3, -0.25) is 4.79 Å². The lowest BCUT2D eigenvalue weighted by Crippen LogP contribution is -2.23. The summed E-state index contributed by atoms with van der Waals surface area (Å²) >= 11 is 0. The second-order valence-electron chi connectivity index (χ2n) is 5.62. The molecule has 2 N–H and O–H groups in total. The van der Waals surface area contributed by atoms with Crippen molar-refractivity contribution < 1.29 is 18.3 Å². The van der Waals surface area contributed by atoms with E-state index in [-0.39, 0.29) is 40.4 Å². The van der Waals surface area contributed by atoms with Crippen LogP contribution in [0.25, 0.3) is 10.9 Å². The van der Waals surface area contributed by atoms with Gasteiger partial charge in [0.15, 0.2) is 11.6 Å². The molecule has 1 heterocycles. The second-order valence-corrected chi connectivity index (χ2v) is 5.62. The van der Waals surface area contributed by atoms with Gasteiger partial charge in [-0.15, -0.1) is 0 Å². The predicted octanol–water partition coefficient (Wildman–Crippen LogP) is 2.68. The Bertz CT molecular complexity index is 885. The van der Waals surface area contributed by atoms with Gasteiger partial charge >= 0.3 is 5.97 Å². The van der Waals surface area contributed by atoms with E-state index in [2.05, 4.69) is 0 Å². The summed E-state index contributed by atoms with van der Waals surface area (Å²) < 4.78 is 34.8. The Hall–Kier alpha value is -2.44. The number of ether oxygens (including phenoxy) is 1. The van der Waals surface area contributed by atoms with Crippen molar-refractivity contribution in [2.75, 3.05) is 12.3 Å². The van der Waals surface area contributed by atoms with Crippen molar-refractivity contribution in [1.82, 2.24) is 4.57 Å². The van der Waals surface area contributed by atoms with Gasteiger partial charge in [0.05, 0.1) is 23.2 Å². The highest BCUT2D eigenvalue weighted by molar-refractivity contribution is 5.99. The van der Waals surface area contributed by atoms with Crippen LogP contribution in [0.5, 0.6) is 0 Å². The molecule has 0 saturated heterocycles. The van der Waals surface area contributed by atoms with Crippen LogP contribution in [0, 0.1) is 18.6 Å². The molecule has 0 atom stereocenters. The summed E-state index contributed by atoms with van der Waals surface area (Å²) in [5.41, 5.74) is 4.41. The molecule has 23 heavy (non-hydrogen) atoms. The average Bonchev–Trinajstić information content (AvgIpc) is 3.35. The van der Waals surface area contributed by atoms with Crippen molar-refractivity contribution in [3.05, 3.63) is 39.2 Å². The molecule has 5 nitrogen and oxygen atoms in total. The van der Waals surface area contributed by atoms with E-state index in [1.54, 1.807) is 6.92 Å². The fourth-order valence-corrected chi connectivity index (χ4v) is 2.68. The third-order valence-electron chi connectivity index (χ3n) is 4.07. The number of nitrogens with two attached hydrogens (primary N) is 1. The molecule has 3 rings (SSSR count). The number of nitrogen functional groups attached to an aromatic ring is 1. The summed E-state index contributed by atoms with van der Waals surface area (Å²) in [6.07, 6.45) is 2.77. The first kappa shape index (κ1) is 15.5. The number of nitrogens with zero attached hydrogens (tertiary/aromatic N) is 1. The van der Waals surface area contributed by atoms with Gasteiger partial charge in [-0.2, -0.15) is 0 Å². The number of carbonyl (C=O) groups excluding carboxylic acids is 1. The Kier molecular flexibility index (Phi) is 3.58. The molecule has 122 valence electrons. The Morgan fingerprint density at radius 1 is 1.39 bits per heavy atom. The highest BCUT2D eigenvalue weighted by Crippen LogP contribution is 2.39. The van der Waals surface area contributed by atoms with Gasteiger partial charge in [-0.1, -0.05) is 0 Å². The molecule has 0 amide bonds. The Morgan fingerprint density at radius 2 is 2.04 bits per heavy atom. The van der Waals surface area contributed by atoms with Crippen LogP contribution in [0.4, 0.5) is 14.5 Å². The summed E-state index contributed by atoms with van der Waals surface area (Å²) in [5.74, 6) is -2.99. The summed E-state index contributed by atoms with van der Waals surface area (Å²) in [6, 6.07) is -0.0812. The first-order chi connectivity index (χ1) is 10.9. The van der Waals surface area contributed by atoms with Gasteiger partial charge < -0.3 is 15.0 Å². The molecule has 0 bridgehead atoms. The fourth-order valence-electron chi connectivity index (χ4n) is 2.68. The molecule has 1 aliphatic rings. The molecule has 0 radical (unpaired) electrons. The minimum atomic E-state index is -1.12. The van der Waals surface area contributed by atoms with Gasteiger partial charge in [-0.25, -0.2) is 13.6 Å². The van der Waals surface area contributed by atoms with E-state index < -0.39 is 23.0 Å². The van der Waals surface area contributed by atoms with Crippen LogP contribution < -0.4 is 11.2 Å². The lowest BCUT2D eigenvalue weighted by molar-refractivity contribution is 0.0524. The largest absolute Gasteiger partial charge is 0.462 e. The van der Waals surface area contributed by atoms with Crippen LogP contribution in [0.1, 0.15) is 41.7 Å². The van der Waals surface area contributed by atoms with Crippen LogP contribution in [-0.4, -0.2) is 17.1 Å². The summed E-state index contributed by atoms with van der Waals surface area (Å²) in [5, 5.41) is -0.168. The smallest absolute Gasteiger partial charge is 0.343 e. The minimum Gasteiger partial charge on any atom is -0.462 e. The highest BCUT2D eigenvalue weighted by atomic mass is 19.2. The maximum atomic E-state index is 14.4. The fraction of sp³-hybridized carbons (Fsp3) is 0.375. The zero-order chi connectivity index (χ0) is 16.9. The molecule has 0 spiro atoms. The Balaban J connectivity index is 2.46. The number of carbonyl (C=O) groups is 1. The number of anilines is 1. The molecular formula is C16H16F2N2O3. The molecule has 2 aromatic rings. The zero-order valence-electron chi connectivity index (χ0n) is 12.8. The van der Waals surface area contributed by atoms with Crippen LogP contribution in [-0.2, 0) is 4.74 Å². The molecular weight excluding hydrogens is 306 g/mol. The van der Waals surface area contributed by atoms with Crippen LogP contribution in [0.15, 0.2) is 11.0 Å². The van der Waals surface area contributed by atoms with Gasteiger partial charge in [0.25, 0.3) is 0 Å². The summed E-state index contributed by atoms with van der Waals surface area (Å²) in [7, 11) is 0. The molecule has 1 aromatic carbocycles. The molecule has 1 saturated carbocycles. The third-order valence-corrected chi connectivity index (χ3v) is 4.07. The van der Waals surface area contributed by atoms with Gasteiger partial charge in [-0.05, 0) is 26.7 Å². The van der Waals surface area contributed by atoms with Crippen molar-refractivity contribution in [2.24, 2.45) is 0 Å². The normalized spacial score (nSPS) is 14.3. The lowest BCUT2D eigenvalue weighted by Gasteiger charge is -2.16. The molecule has 7 heteroatoms. The summed E-state index contributed by atoms with van der Waals surface area (Å²) in [4.78, 5) is 24.6. The standard InChI is InChI=1S/C16H16F2N2O3/c1-3-23-16(22)9-6-20(8-4-5-8)14-10(15(9)21)13(19)7(2)11(17)12(14)18/h6,8H,3-5,19H2,1-2H3. The van der Waals surface area contributed by atoms with E-state index in [0.29, 0.717) is 0 Å². The first-order valence-electron chi connectivity index (χ1n) is 7.37. The topological polar surface area (TPSA) is 74.3 Å². The molecule has 0 unspecified atom stereocenters. The number of halogens is 2. The van der Waals surface area contributed by atoms with Crippen molar-refractivity contribution in [3.63, 3.8) is 0 Å². The van der Waals surface area contributed by atoms with E-state index in [0.717, 1.165) is 12.8 Å². The van der Waals surface area contributed by atoms with Crippen molar-refractivity contribution in [3.8, 4) is 0 Å². The lowest BCUT2D eigenvalue weighted by atomic mass is 10.0. The number of rotatable bonds is 3. The van der Waals surface area contributed by atoms with E-state index >= 15 is 0 Å². The quantitative estimate of drug-likeness (QED) is 0.696. The van der Waals surface area contributed by atoms with Crippen LogP contribution in [0.3, 0.4) is 0 Å². The number of hydrogen-bond donors (Lipinski definition) is 1. The SMILES string of the molecule is CCOC(=O)c1cn(C2CC2)c2c(F)c(F)c(C)c(N)c2c1=O. The number of esters is 1. The monoisotopic (exact) mass is 322 g/mol. The number of benzene rings is 1. The number of pyridine rings is 1. The van der Waals surface area contributed by atoms with E-state index in [1.165, 1.54) is 17.7 Å². The van der Waals surface area contributed by atoms with Crippen molar-refractivity contribution in [1.29, 1.82) is 0 Å². The second kappa shape index (κ2) is 5.33. The van der Waals surface area contributed by atoms with Crippen LogP contribution in [0.2, 0.25) is 0 Å². The maximum absolute atomic E-state index is 14.4. The van der Waals surface area contributed by atoms with Gasteiger partial charge in [0, 0.05) is 17.8 Å². The van der Waals surface area contributed by atoms with Crippen molar-refractivity contribution in [2.45, 2.75) is 32.7 Å². The first-order valence-corrected chi connectivity index (χ1v) is 7.37. The van der Waals surface area contributed by atoms with E-state index in [9.17, 15) is 18.4 Å². The van der Waals surface area contributed by atoms with E-state index in [1.807, 2.05) is 0 Å². The average molecular weight is 322 g/mol. The maximum Gasteiger partial charge on any atom is 0.343 e. The third kappa shape index (κ3) is 2.27. The Labute approximate surface area is 130 Å².